The fourth-order valence-corrected chi connectivity index (χ4v) is 3.53. The summed E-state index contributed by atoms with van der Waals surface area (Å²) < 4.78 is 16.3. The van der Waals surface area contributed by atoms with Crippen LogP contribution in [-0.2, 0) is 11.2 Å². The summed E-state index contributed by atoms with van der Waals surface area (Å²) in [5, 5.41) is 5.91. The fourth-order valence-electron chi connectivity index (χ4n) is 2.76. The molecule has 1 heterocycles. The Morgan fingerprint density at radius 1 is 1.14 bits per heavy atom. The highest BCUT2D eigenvalue weighted by Crippen LogP contribution is 2.19. The molecule has 29 heavy (non-hydrogen) atoms. The number of benzene rings is 1. The largest absolute Gasteiger partial charge is 0.494 e. The second kappa shape index (κ2) is 13.2. The molecule has 1 N–H and O–H groups in total. The Morgan fingerprint density at radius 2 is 1.86 bits per heavy atom. The fraction of sp³-hybridized carbons (Fsp3) is 0.545. The summed E-state index contributed by atoms with van der Waals surface area (Å²) in [6.45, 7) is 5.65. The molecular weight excluding hydrogens is 388 g/mol. The number of nitrogens with one attached hydrogen (secondary N) is 1. The van der Waals surface area contributed by atoms with E-state index in [4.69, 9.17) is 9.47 Å². The number of hydrogen-bond donors (Lipinski definition) is 1. The van der Waals surface area contributed by atoms with E-state index in [9.17, 15) is 4.79 Å². The number of ether oxygens (including phenoxy) is 3. The van der Waals surface area contributed by atoms with Crippen LogP contribution in [-0.4, -0.2) is 37.4 Å². The van der Waals surface area contributed by atoms with Gasteiger partial charge in [0.2, 0.25) is 0 Å². The number of rotatable bonds is 14. The summed E-state index contributed by atoms with van der Waals surface area (Å²) in [6, 6.07) is 7.73. The van der Waals surface area contributed by atoms with E-state index in [1.54, 1.807) is 5.38 Å². The van der Waals surface area contributed by atoms with E-state index in [1.165, 1.54) is 44.1 Å². The Kier molecular flexibility index (Phi) is 10.5. The molecule has 0 radical (unpaired) electrons. The molecule has 160 valence electrons. The lowest BCUT2D eigenvalue weighted by Gasteiger charge is -2.16. The van der Waals surface area contributed by atoms with E-state index >= 15 is 0 Å². The first kappa shape index (κ1) is 23.2. The minimum Gasteiger partial charge on any atom is -0.494 e. The number of thiazole rings is 1. The first-order valence-electron chi connectivity index (χ1n) is 10.3. The van der Waals surface area contributed by atoms with Gasteiger partial charge in [0.15, 0.2) is 5.69 Å². The van der Waals surface area contributed by atoms with E-state index < -0.39 is 5.97 Å². The highest BCUT2D eigenvalue weighted by molar-refractivity contribution is 7.09. The maximum absolute atomic E-state index is 11.4. The number of esters is 1. The van der Waals surface area contributed by atoms with Crippen molar-refractivity contribution in [2.45, 2.75) is 58.6 Å². The van der Waals surface area contributed by atoms with E-state index in [0.717, 1.165) is 36.0 Å². The normalized spacial score (nSPS) is 11.8. The van der Waals surface area contributed by atoms with Gasteiger partial charge in [0, 0.05) is 18.3 Å². The Labute approximate surface area is 177 Å². The summed E-state index contributed by atoms with van der Waals surface area (Å²) in [4.78, 5) is 15.7. The van der Waals surface area contributed by atoms with Gasteiger partial charge in [-0.15, -0.1) is 11.3 Å². The van der Waals surface area contributed by atoms with Crippen molar-refractivity contribution >= 4 is 17.3 Å². The van der Waals surface area contributed by atoms with Gasteiger partial charge >= 0.3 is 5.97 Å². The van der Waals surface area contributed by atoms with Crippen molar-refractivity contribution in [2.75, 3.05) is 20.3 Å². The molecule has 1 aromatic carbocycles. The second-order valence-corrected chi connectivity index (χ2v) is 7.76. The summed E-state index contributed by atoms with van der Waals surface area (Å²) in [7, 11) is 1.36. The molecule has 1 atom stereocenters. The molecule has 0 aliphatic heterocycles. The van der Waals surface area contributed by atoms with E-state index in [2.05, 4.69) is 22.0 Å². The number of carbonyl (C=O) groups excluding carboxylic acids is 1. The Balaban J connectivity index is 1.63. The van der Waals surface area contributed by atoms with Crippen LogP contribution in [0.25, 0.3) is 0 Å². The van der Waals surface area contributed by atoms with Crippen LogP contribution in [0.3, 0.4) is 0 Å². The molecule has 0 aliphatic carbocycles. The van der Waals surface area contributed by atoms with Crippen LogP contribution in [0.1, 0.15) is 61.4 Å². The van der Waals surface area contributed by atoms with Gasteiger partial charge < -0.3 is 14.2 Å². The van der Waals surface area contributed by atoms with Crippen molar-refractivity contribution in [3.05, 3.63) is 40.3 Å². The van der Waals surface area contributed by atoms with Gasteiger partial charge in [-0.25, -0.2) is 9.78 Å². The number of aromatic nitrogens is 1. The zero-order valence-corrected chi connectivity index (χ0v) is 18.4. The lowest BCUT2D eigenvalue weighted by Crippen LogP contribution is -2.33. The average molecular weight is 421 g/mol. The quantitative estimate of drug-likeness (QED) is 0.268. The zero-order valence-electron chi connectivity index (χ0n) is 17.6. The highest BCUT2D eigenvalue weighted by Gasteiger charge is 2.11. The van der Waals surface area contributed by atoms with E-state index in [0.29, 0.717) is 12.2 Å². The third-order valence-corrected chi connectivity index (χ3v) is 5.28. The van der Waals surface area contributed by atoms with Gasteiger partial charge in [-0.05, 0) is 37.6 Å². The molecule has 0 saturated carbocycles. The predicted molar refractivity (Wildman–Crippen MR) is 116 cm³/mol. The Bertz CT molecular complexity index is 718. The number of hydrogen-bond acceptors (Lipinski definition) is 7. The zero-order chi connectivity index (χ0) is 20.9. The molecule has 1 unspecified atom stereocenters. The molecule has 0 fully saturated rings. The number of unbranched alkanes of at least 4 members (excludes halogenated alkanes) is 4. The van der Waals surface area contributed by atoms with Crippen LogP contribution >= 0.6 is 11.3 Å². The van der Waals surface area contributed by atoms with Crippen molar-refractivity contribution in [1.82, 2.24) is 10.3 Å². The van der Waals surface area contributed by atoms with Crippen LogP contribution < -0.4 is 14.8 Å². The maximum atomic E-state index is 11.4. The number of methoxy groups -OCH3 is 1. The van der Waals surface area contributed by atoms with Crippen LogP contribution in [0, 0.1) is 0 Å². The monoisotopic (exact) mass is 420 g/mol. The number of nitrogens with zero attached hydrogens (tertiary/aromatic N) is 1. The molecule has 2 rings (SSSR count). The first-order chi connectivity index (χ1) is 14.1. The smallest absolute Gasteiger partial charge is 0.357 e. The van der Waals surface area contributed by atoms with Crippen LogP contribution in [0.2, 0.25) is 0 Å². The second-order valence-electron chi connectivity index (χ2n) is 6.82. The molecule has 0 bridgehead atoms. The van der Waals surface area contributed by atoms with Gasteiger partial charge in [0.05, 0.1) is 18.7 Å². The summed E-state index contributed by atoms with van der Waals surface area (Å²) in [5.74, 6) is 1.27. The first-order valence-corrected chi connectivity index (χ1v) is 11.2. The Morgan fingerprint density at radius 3 is 2.59 bits per heavy atom. The molecule has 0 saturated heterocycles. The summed E-state index contributed by atoms with van der Waals surface area (Å²) in [5.41, 5.74) is 0.361. The minimum absolute atomic E-state index is 0.139. The predicted octanol–water partition coefficient (Wildman–Crippen LogP) is 4.84. The van der Waals surface area contributed by atoms with Crippen LogP contribution in [0.5, 0.6) is 11.5 Å². The van der Waals surface area contributed by atoms with Gasteiger partial charge in [0.1, 0.15) is 17.7 Å². The maximum Gasteiger partial charge on any atom is 0.357 e. The molecule has 6 nitrogen and oxygen atoms in total. The molecule has 1 aromatic heterocycles. The van der Waals surface area contributed by atoms with Crippen molar-refractivity contribution in [3.63, 3.8) is 0 Å². The molecule has 2 aromatic rings. The van der Waals surface area contributed by atoms with Crippen LogP contribution in [0.4, 0.5) is 0 Å². The van der Waals surface area contributed by atoms with Crippen LogP contribution in [0.15, 0.2) is 29.6 Å². The van der Waals surface area contributed by atoms with Gasteiger partial charge in [-0.3, -0.25) is 5.32 Å². The highest BCUT2D eigenvalue weighted by atomic mass is 32.1. The third-order valence-electron chi connectivity index (χ3n) is 4.37. The standard InChI is InChI=1S/C22H32N2O4S/c1-4-5-6-7-8-15-27-18-9-11-19(12-10-18)28-17(2)23-14-13-21-24-20(16-29-21)22(25)26-3/h9-12,16-17,23H,4-8,13-15H2,1-3H3. The van der Waals surface area contributed by atoms with E-state index in [-0.39, 0.29) is 6.23 Å². The molecular formula is C22H32N2O4S. The van der Waals surface area contributed by atoms with E-state index in [1.807, 2.05) is 31.2 Å². The minimum atomic E-state index is -0.402. The van der Waals surface area contributed by atoms with Crippen molar-refractivity contribution in [1.29, 1.82) is 0 Å². The molecule has 7 heteroatoms. The Hall–Kier alpha value is -2.12. The molecule has 0 spiro atoms. The third kappa shape index (κ3) is 8.83. The van der Waals surface area contributed by atoms with Gasteiger partial charge in [-0.2, -0.15) is 0 Å². The number of carbonyl (C=O) groups is 1. The molecule has 0 aliphatic rings. The SMILES string of the molecule is CCCCCCCOc1ccc(OC(C)NCCc2nc(C(=O)OC)cs2)cc1. The molecule has 0 amide bonds. The summed E-state index contributed by atoms with van der Waals surface area (Å²) in [6.07, 6.45) is 6.75. The van der Waals surface area contributed by atoms with Crippen molar-refractivity contribution in [3.8, 4) is 11.5 Å². The van der Waals surface area contributed by atoms with Crippen molar-refractivity contribution < 1.29 is 19.0 Å². The lowest BCUT2D eigenvalue weighted by atomic mass is 10.2. The lowest BCUT2D eigenvalue weighted by molar-refractivity contribution is 0.0594. The van der Waals surface area contributed by atoms with Gasteiger partial charge in [0.25, 0.3) is 0 Å². The van der Waals surface area contributed by atoms with Gasteiger partial charge in [-0.1, -0.05) is 32.6 Å². The average Bonchev–Trinajstić information content (AvgIpc) is 3.20. The summed E-state index contributed by atoms with van der Waals surface area (Å²) >= 11 is 1.46. The van der Waals surface area contributed by atoms with Crippen molar-refractivity contribution in [2.24, 2.45) is 0 Å². The topological polar surface area (TPSA) is 69.7 Å².